The molecule has 6 heteroatoms. The maximum absolute atomic E-state index is 11.0. The van der Waals surface area contributed by atoms with Crippen molar-refractivity contribution in [3.8, 4) is 5.75 Å². The summed E-state index contributed by atoms with van der Waals surface area (Å²) >= 11 is 0. The summed E-state index contributed by atoms with van der Waals surface area (Å²) in [6.07, 6.45) is 1.73. The summed E-state index contributed by atoms with van der Waals surface area (Å²) in [4.78, 5) is 13.1. The zero-order valence-corrected chi connectivity index (χ0v) is 11.7. The Kier molecular flexibility index (Phi) is 3.62. The fraction of sp³-hybridized carbons (Fsp3) is 0.333. The van der Waals surface area contributed by atoms with E-state index in [0.29, 0.717) is 12.1 Å². The maximum atomic E-state index is 11.0. The third kappa shape index (κ3) is 3.05. The van der Waals surface area contributed by atoms with Crippen LogP contribution in [0.5, 0.6) is 5.75 Å². The summed E-state index contributed by atoms with van der Waals surface area (Å²) in [5, 5.41) is 15.3. The number of hydrogen-bond acceptors (Lipinski definition) is 4. The number of carboxylic acids is 1. The van der Waals surface area contributed by atoms with E-state index in [4.69, 9.17) is 9.84 Å². The molecule has 6 nitrogen and oxygen atoms in total. The summed E-state index contributed by atoms with van der Waals surface area (Å²) in [7, 11) is 0. The number of carboxylic acid groups (broad SMARTS) is 1. The van der Waals surface area contributed by atoms with Gasteiger partial charge in [-0.3, -0.25) is 10.00 Å². The highest BCUT2D eigenvalue weighted by Gasteiger charge is 2.29. The van der Waals surface area contributed by atoms with E-state index in [9.17, 15) is 4.79 Å². The lowest BCUT2D eigenvalue weighted by molar-refractivity contribution is 0.0143. The number of carbonyl (C=O) groups is 1. The van der Waals surface area contributed by atoms with Crippen LogP contribution in [-0.2, 0) is 6.54 Å². The number of benzene rings is 1. The molecule has 0 unspecified atom stereocenters. The highest BCUT2D eigenvalue weighted by molar-refractivity contribution is 5.86. The zero-order chi connectivity index (χ0) is 14.8. The molecule has 0 aliphatic carbocycles. The van der Waals surface area contributed by atoms with Gasteiger partial charge in [-0.15, -0.1) is 0 Å². The first-order chi connectivity index (χ1) is 10.1. The van der Waals surface area contributed by atoms with Crippen LogP contribution < -0.4 is 4.74 Å². The molecule has 0 saturated carbocycles. The molecule has 0 atom stereocenters. The fourth-order valence-corrected chi connectivity index (χ4v) is 2.46. The second-order valence-corrected chi connectivity index (χ2v) is 5.33. The molecule has 1 aliphatic rings. The van der Waals surface area contributed by atoms with Crippen molar-refractivity contribution in [1.29, 1.82) is 0 Å². The standard InChI is InChI=1S/C15H17N3O3/c1-10-3-2-4-12(5-10)21-13-8-18(9-13)7-11-6-16-17-14(11)15(19)20/h2-6,13H,7-9H2,1H3,(H,16,17)(H,19,20). The second kappa shape index (κ2) is 5.57. The first-order valence-corrected chi connectivity index (χ1v) is 6.83. The molecular formula is C15H17N3O3. The third-order valence-corrected chi connectivity index (χ3v) is 3.54. The van der Waals surface area contributed by atoms with Crippen LogP contribution in [-0.4, -0.2) is 45.4 Å². The number of H-pyrrole nitrogens is 1. The number of hydrogen-bond donors (Lipinski definition) is 2. The molecule has 0 radical (unpaired) electrons. The normalized spacial score (nSPS) is 15.7. The second-order valence-electron chi connectivity index (χ2n) is 5.33. The van der Waals surface area contributed by atoms with Crippen molar-refractivity contribution in [2.75, 3.05) is 13.1 Å². The Bertz CT molecular complexity index is 647. The van der Waals surface area contributed by atoms with E-state index in [1.165, 1.54) is 5.56 Å². The van der Waals surface area contributed by atoms with Crippen LogP contribution in [0.2, 0.25) is 0 Å². The number of nitrogens with one attached hydrogen (secondary N) is 1. The van der Waals surface area contributed by atoms with Crippen molar-refractivity contribution < 1.29 is 14.6 Å². The van der Waals surface area contributed by atoms with Crippen LogP contribution in [0, 0.1) is 6.92 Å². The molecule has 110 valence electrons. The molecule has 1 aromatic carbocycles. The third-order valence-electron chi connectivity index (χ3n) is 3.54. The van der Waals surface area contributed by atoms with Crippen LogP contribution in [0.15, 0.2) is 30.5 Å². The van der Waals surface area contributed by atoms with E-state index in [2.05, 4.69) is 15.1 Å². The number of aromatic amines is 1. The van der Waals surface area contributed by atoms with E-state index in [0.717, 1.165) is 18.8 Å². The van der Waals surface area contributed by atoms with Crippen molar-refractivity contribution in [2.24, 2.45) is 0 Å². The van der Waals surface area contributed by atoms with Gasteiger partial charge in [-0.1, -0.05) is 12.1 Å². The van der Waals surface area contributed by atoms with Gasteiger partial charge in [0.05, 0.1) is 6.20 Å². The number of nitrogens with zero attached hydrogens (tertiary/aromatic N) is 2. The van der Waals surface area contributed by atoms with Crippen LogP contribution in [0.4, 0.5) is 0 Å². The summed E-state index contributed by atoms with van der Waals surface area (Å²) in [5.74, 6) is -0.0928. The Morgan fingerprint density at radius 1 is 1.52 bits per heavy atom. The Labute approximate surface area is 122 Å². The largest absolute Gasteiger partial charge is 0.488 e. The molecule has 0 amide bonds. The van der Waals surface area contributed by atoms with E-state index >= 15 is 0 Å². The Morgan fingerprint density at radius 3 is 3.05 bits per heavy atom. The Morgan fingerprint density at radius 2 is 2.33 bits per heavy atom. The van der Waals surface area contributed by atoms with Gasteiger partial charge >= 0.3 is 5.97 Å². The summed E-state index contributed by atoms with van der Waals surface area (Å²) in [5.41, 5.74) is 2.04. The number of aromatic carboxylic acids is 1. The van der Waals surface area contributed by atoms with Crippen molar-refractivity contribution >= 4 is 5.97 Å². The number of aromatic nitrogens is 2. The molecule has 2 heterocycles. The highest BCUT2D eigenvalue weighted by Crippen LogP contribution is 2.21. The van der Waals surface area contributed by atoms with Crippen LogP contribution in [0.3, 0.4) is 0 Å². The summed E-state index contributed by atoms with van der Waals surface area (Å²) < 4.78 is 5.88. The van der Waals surface area contributed by atoms with E-state index < -0.39 is 5.97 Å². The molecule has 2 N–H and O–H groups in total. The number of likely N-dealkylation sites (tertiary alicyclic amines) is 1. The van der Waals surface area contributed by atoms with Crippen LogP contribution in [0.1, 0.15) is 21.6 Å². The average Bonchev–Trinajstić information content (AvgIpc) is 2.84. The zero-order valence-electron chi connectivity index (χ0n) is 11.7. The predicted molar refractivity (Wildman–Crippen MR) is 76.4 cm³/mol. The summed E-state index contributed by atoms with van der Waals surface area (Å²) in [6, 6.07) is 7.98. The molecule has 2 aromatic rings. The summed E-state index contributed by atoms with van der Waals surface area (Å²) in [6.45, 7) is 4.19. The minimum atomic E-state index is -0.976. The van der Waals surface area contributed by atoms with Gasteiger partial charge < -0.3 is 9.84 Å². The van der Waals surface area contributed by atoms with Crippen molar-refractivity contribution in [3.63, 3.8) is 0 Å². The quantitative estimate of drug-likeness (QED) is 0.874. The number of aryl methyl sites for hydroxylation is 1. The van der Waals surface area contributed by atoms with Gasteiger partial charge in [0.25, 0.3) is 0 Å². The Balaban J connectivity index is 1.52. The number of ether oxygens (including phenoxy) is 1. The molecule has 1 aromatic heterocycles. The number of rotatable bonds is 5. The minimum absolute atomic E-state index is 0.159. The van der Waals surface area contributed by atoms with Crippen LogP contribution in [0.25, 0.3) is 0 Å². The first-order valence-electron chi connectivity index (χ1n) is 6.83. The van der Waals surface area contributed by atoms with Gasteiger partial charge in [0.2, 0.25) is 0 Å². The molecular weight excluding hydrogens is 270 g/mol. The molecule has 1 aliphatic heterocycles. The lowest BCUT2D eigenvalue weighted by atomic mass is 10.1. The molecule has 0 spiro atoms. The monoisotopic (exact) mass is 287 g/mol. The molecule has 0 bridgehead atoms. The van der Waals surface area contributed by atoms with Gasteiger partial charge in [0, 0.05) is 25.2 Å². The topological polar surface area (TPSA) is 78.5 Å². The maximum Gasteiger partial charge on any atom is 0.354 e. The van der Waals surface area contributed by atoms with E-state index in [1.807, 2.05) is 31.2 Å². The lowest BCUT2D eigenvalue weighted by Gasteiger charge is -2.38. The fourth-order valence-electron chi connectivity index (χ4n) is 2.46. The highest BCUT2D eigenvalue weighted by atomic mass is 16.5. The molecule has 3 rings (SSSR count). The molecule has 1 fully saturated rings. The molecule has 1 saturated heterocycles. The van der Waals surface area contributed by atoms with Gasteiger partial charge in [-0.05, 0) is 24.6 Å². The van der Waals surface area contributed by atoms with Crippen molar-refractivity contribution in [1.82, 2.24) is 15.1 Å². The van der Waals surface area contributed by atoms with Crippen molar-refractivity contribution in [3.05, 3.63) is 47.3 Å². The smallest absolute Gasteiger partial charge is 0.354 e. The first kappa shape index (κ1) is 13.6. The lowest BCUT2D eigenvalue weighted by Crippen LogP contribution is -2.53. The minimum Gasteiger partial charge on any atom is -0.488 e. The SMILES string of the molecule is Cc1cccc(OC2CN(Cc3cn[nH]c3C(=O)O)C2)c1. The van der Waals surface area contributed by atoms with Crippen LogP contribution >= 0.6 is 0 Å². The van der Waals surface area contributed by atoms with E-state index in [1.54, 1.807) is 6.20 Å². The van der Waals surface area contributed by atoms with Gasteiger partial charge in [-0.2, -0.15) is 5.10 Å². The van der Waals surface area contributed by atoms with Gasteiger partial charge in [-0.25, -0.2) is 4.79 Å². The van der Waals surface area contributed by atoms with E-state index in [-0.39, 0.29) is 11.8 Å². The average molecular weight is 287 g/mol. The van der Waals surface area contributed by atoms with Crippen molar-refractivity contribution in [2.45, 2.75) is 19.6 Å². The Hall–Kier alpha value is -2.34. The predicted octanol–water partition coefficient (Wildman–Crippen LogP) is 1.68. The van der Waals surface area contributed by atoms with Gasteiger partial charge in [0.15, 0.2) is 0 Å². The van der Waals surface area contributed by atoms with Gasteiger partial charge in [0.1, 0.15) is 17.5 Å². The molecule has 21 heavy (non-hydrogen) atoms.